The zero-order chi connectivity index (χ0) is 22.7. The molecule has 4 rings (SSSR count). The van der Waals surface area contributed by atoms with E-state index in [-0.39, 0.29) is 47.4 Å². The van der Waals surface area contributed by atoms with Crippen molar-refractivity contribution in [3.05, 3.63) is 48.0 Å². The van der Waals surface area contributed by atoms with Crippen molar-refractivity contribution in [2.75, 3.05) is 39.4 Å². The summed E-state index contributed by atoms with van der Waals surface area (Å²) in [4.78, 5) is 14.7. The Morgan fingerprint density at radius 2 is 1.66 bits per heavy atom. The molecule has 2 aliphatic rings. The van der Waals surface area contributed by atoms with E-state index in [1.165, 1.54) is 33.5 Å². The van der Waals surface area contributed by atoms with E-state index >= 15 is 0 Å². The third-order valence-corrected chi connectivity index (χ3v) is 7.90. The van der Waals surface area contributed by atoms with Crippen LogP contribution in [-0.4, -0.2) is 68.7 Å². The molecule has 2 heterocycles. The number of benzene rings is 2. The molecule has 0 radical (unpaired) electrons. The highest BCUT2D eigenvalue weighted by Crippen LogP contribution is 2.33. The largest absolute Gasteiger partial charge is 0.490 e. The number of rotatable bonds is 5. The standard InChI is InChI=1S/C21H22F2N2O5S2/c22-21(23)31-19-5-2-1-4-16(19)20(26)24-8-10-25(11-9-24)32(27,28)15-6-7-17-18(14-15)30-13-3-12-29-17/h1-2,4-7,14,21H,3,8-13H2. The van der Waals surface area contributed by atoms with Crippen molar-refractivity contribution in [2.24, 2.45) is 0 Å². The van der Waals surface area contributed by atoms with Gasteiger partial charge >= 0.3 is 0 Å². The van der Waals surface area contributed by atoms with Crippen molar-refractivity contribution in [1.82, 2.24) is 9.21 Å². The van der Waals surface area contributed by atoms with Gasteiger partial charge in [0.25, 0.3) is 11.7 Å². The first-order valence-electron chi connectivity index (χ1n) is 10.1. The summed E-state index contributed by atoms with van der Waals surface area (Å²) in [5.74, 6) is -2.12. The normalized spacial score (nSPS) is 17.3. The maximum atomic E-state index is 13.1. The van der Waals surface area contributed by atoms with Crippen molar-refractivity contribution in [2.45, 2.75) is 22.0 Å². The molecule has 0 atom stereocenters. The summed E-state index contributed by atoms with van der Waals surface area (Å²) in [6.07, 6.45) is 0.714. The maximum absolute atomic E-state index is 13.1. The lowest BCUT2D eigenvalue weighted by Gasteiger charge is -2.34. The monoisotopic (exact) mass is 484 g/mol. The molecule has 32 heavy (non-hydrogen) atoms. The molecule has 2 aliphatic heterocycles. The van der Waals surface area contributed by atoms with Gasteiger partial charge in [0.2, 0.25) is 10.0 Å². The summed E-state index contributed by atoms with van der Waals surface area (Å²) in [5.41, 5.74) is 0.192. The number of piperazine rings is 1. The number of fused-ring (bicyclic) bond motifs is 1. The lowest BCUT2D eigenvalue weighted by molar-refractivity contribution is 0.0694. The molecule has 0 spiro atoms. The van der Waals surface area contributed by atoms with E-state index in [4.69, 9.17) is 9.47 Å². The van der Waals surface area contributed by atoms with Crippen LogP contribution in [0.4, 0.5) is 8.78 Å². The van der Waals surface area contributed by atoms with Gasteiger partial charge in [0.05, 0.1) is 23.7 Å². The second-order valence-corrected chi connectivity index (χ2v) is 10.2. The SMILES string of the molecule is O=C(c1ccccc1SC(F)F)N1CCN(S(=O)(=O)c2ccc3c(c2)OCCCO3)CC1. The summed E-state index contributed by atoms with van der Waals surface area (Å²) >= 11 is 0.323. The van der Waals surface area contributed by atoms with Crippen molar-refractivity contribution in [3.8, 4) is 11.5 Å². The van der Waals surface area contributed by atoms with Crippen LogP contribution in [0.15, 0.2) is 52.3 Å². The lowest BCUT2D eigenvalue weighted by Crippen LogP contribution is -2.50. The Hall–Kier alpha value is -2.37. The molecule has 0 unspecified atom stereocenters. The molecule has 1 saturated heterocycles. The number of carbonyl (C=O) groups is 1. The number of hydrogen-bond acceptors (Lipinski definition) is 6. The Balaban J connectivity index is 1.46. The molecule has 0 aromatic heterocycles. The summed E-state index contributed by atoms with van der Waals surface area (Å²) in [6, 6.07) is 10.7. The topological polar surface area (TPSA) is 76.2 Å². The number of ether oxygens (including phenoxy) is 2. The molecule has 2 aromatic rings. The molecule has 7 nitrogen and oxygen atoms in total. The van der Waals surface area contributed by atoms with E-state index in [1.54, 1.807) is 18.2 Å². The van der Waals surface area contributed by atoms with Crippen LogP contribution in [0.3, 0.4) is 0 Å². The van der Waals surface area contributed by atoms with Gasteiger partial charge in [-0.15, -0.1) is 0 Å². The van der Waals surface area contributed by atoms with Gasteiger partial charge in [-0.3, -0.25) is 4.79 Å². The quantitative estimate of drug-likeness (QED) is 0.607. The first-order valence-corrected chi connectivity index (χ1v) is 12.4. The van der Waals surface area contributed by atoms with Crippen LogP contribution < -0.4 is 9.47 Å². The molecular weight excluding hydrogens is 462 g/mol. The summed E-state index contributed by atoms with van der Waals surface area (Å²) in [5, 5.41) is 0. The van der Waals surface area contributed by atoms with Gasteiger partial charge in [0.1, 0.15) is 0 Å². The number of thioether (sulfide) groups is 1. The van der Waals surface area contributed by atoms with E-state index in [9.17, 15) is 22.0 Å². The van der Waals surface area contributed by atoms with Gasteiger partial charge in [-0.2, -0.15) is 13.1 Å². The van der Waals surface area contributed by atoms with Gasteiger partial charge in [-0.1, -0.05) is 23.9 Å². The highest BCUT2D eigenvalue weighted by molar-refractivity contribution is 7.99. The average molecular weight is 485 g/mol. The molecular formula is C21H22F2N2O5S2. The van der Waals surface area contributed by atoms with E-state index in [2.05, 4.69) is 0 Å². The molecule has 0 bridgehead atoms. The summed E-state index contributed by atoms with van der Waals surface area (Å²) in [6.45, 7) is 1.49. The third kappa shape index (κ3) is 4.84. The second-order valence-electron chi connectivity index (χ2n) is 7.23. The van der Waals surface area contributed by atoms with E-state index in [0.29, 0.717) is 42.9 Å². The Bertz CT molecular complexity index is 1090. The predicted molar refractivity (Wildman–Crippen MR) is 115 cm³/mol. The van der Waals surface area contributed by atoms with Crippen molar-refractivity contribution < 1.29 is 31.5 Å². The number of amides is 1. The lowest BCUT2D eigenvalue weighted by atomic mass is 10.2. The molecule has 1 amide bonds. The minimum absolute atomic E-state index is 0.0974. The number of alkyl halides is 2. The molecule has 11 heteroatoms. The van der Waals surface area contributed by atoms with Crippen molar-refractivity contribution in [3.63, 3.8) is 0 Å². The minimum atomic E-state index is -3.79. The third-order valence-electron chi connectivity index (χ3n) is 5.22. The molecule has 2 aromatic carbocycles. The Morgan fingerprint density at radius 3 is 2.38 bits per heavy atom. The van der Waals surface area contributed by atoms with Crippen LogP contribution in [0.25, 0.3) is 0 Å². The minimum Gasteiger partial charge on any atom is -0.490 e. The van der Waals surface area contributed by atoms with Crippen LogP contribution >= 0.6 is 11.8 Å². The van der Waals surface area contributed by atoms with E-state index < -0.39 is 15.8 Å². The van der Waals surface area contributed by atoms with Crippen LogP contribution in [0.1, 0.15) is 16.8 Å². The molecule has 1 fully saturated rings. The highest BCUT2D eigenvalue weighted by atomic mass is 32.2. The zero-order valence-electron chi connectivity index (χ0n) is 17.1. The Labute approximate surface area is 189 Å². The van der Waals surface area contributed by atoms with Gasteiger partial charge in [0, 0.05) is 43.6 Å². The summed E-state index contributed by atoms with van der Waals surface area (Å²) in [7, 11) is -3.79. The van der Waals surface area contributed by atoms with Gasteiger partial charge < -0.3 is 14.4 Å². The highest BCUT2D eigenvalue weighted by Gasteiger charge is 2.32. The number of sulfonamides is 1. The first-order chi connectivity index (χ1) is 15.4. The first kappa shape index (κ1) is 22.8. The molecule has 0 saturated carbocycles. The van der Waals surface area contributed by atoms with Gasteiger partial charge in [0.15, 0.2) is 11.5 Å². The van der Waals surface area contributed by atoms with Crippen molar-refractivity contribution in [1.29, 1.82) is 0 Å². The molecule has 172 valence electrons. The van der Waals surface area contributed by atoms with Crippen molar-refractivity contribution >= 4 is 27.7 Å². The maximum Gasteiger partial charge on any atom is 0.288 e. The van der Waals surface area contributed by atoms with Crippen LogP contribution in [0.5, 0.6) is 11.5 Å². The number of nitrogens with zero attached hydrogens (tertiary/aromatic N) is 2. The number of halogens is 2. The summed E-state index contributed by atoms with van der Waals surface area (Å²) < 4.78 is 64.4. The number of hydrogen-bond donors (Lipinski definition) is 0. The van der Waals surface area contributed by atoms with Crippen LogP contribution in [0.2, 0.25) is 0 Å². The average Bonchev–Trinajstić information content (AvgIpc) is 3.03. The van der Waals surface area contributed by atoms with Gasteiger partial charge in [-0.05, 0) is 24.3 Å². The number of carbonyl (C=O) groups excluding carboxylic acids is 1. The van der Waals surface area contributed by atoms with Crippen LogP contribution in [0, 0.1) is 0 Å². The van der Waals surface area contributed by atoms with Crippen LogP contribution in [-0.2, 0) is 10.0 Å². The second kappa shape index (κ2) is 9.63. The fourth-order valence-corrected chi connectivity index (χ4v) is 5.67. The smallest absolute Gasteiger partial charge is 0.288 e. The fraction of sp³-hybridized carbons (Fsp3) is 0.381. The Kier molecular flexibility index (Phi) is 6.87. The van der Waals surface area contributed by atoms with E-state index in [1.807, 2.05) is 0 Å². The Morgan fingerprint density at radius 1 is 0.969 bits per heavy atom. The fourth-order valence-electron chi connectivity index (χ4n) is 3.60. The molecule has 0 aliphatic carbocycles. The molecule has 0 N–H and O–H groups in total. The predicted octanol–water partition coefficient (Wildman–Crippen LogP) is 3.31. The zero-order valence-corrected chi connectivity index (χ0v) is 18.7. The van der Waals surface area contributed by atoms with E-state index in [0.717, 1.165) is 0 Å². The van der Waals surface area contributed by atoms with Gasteiger partial charge in [-0.25, -0.2) is 8.42 Å².